The van der Waals surface area contributed by atoms with Crippen molar-refractivity contribution < 1.29 is 9.84 Å². The lowest BCUT2D eigenvalue weighted by Crippen LogP contribution is -2.26. The highest BCUT2D eigenvalue weighted by Gasteiger charge is 2.23. The van der Waals surface area contributed by atoms with Crippen LogP contribution in [0.3, 0.4) is 0 Å². The van der Waals surface area contributed by atoms with E-state index >= 15 is 0 Å². The molecule has 0 saturated carbocycles. The van der Waals surface area contributed by atoms with Crippen LogP contribution in [-0.4, -0.2) is 43.8 Å². The van der Waals surface area contributed by atoms with E-state index in [0.29, 0.717) is 6.61 Å². The van der Waals surface area contributed by atoms with Gasteiger partial charge in [0.2, 0.25) is 0 Å². The van der Waals surface area contributed by atoms with Gasteiger partial charge >= 0.3 is 0 Å². The molecule has 4 heteroatoms. The summed E-state index contributed by atoms with van der Waals surface area (Å²) in [4.78, 5) is 2.18. The van der Waals surface area contributed by atoms with E-state index in [1.807, 2.05) is 6.07 Å². The first-order chi connectivity index (χ1) is 8.16. The summed E-state index contributed by atoms with van der Waals surface area (Å²) in [6.45, 7) is 2.72. The number of fused-ring (bicyclic) bond motifs is 1. The topological polar surface area (TPSA) is 44.7 Å². The zero-order chi connectivity index (χ0) is 12.3. The molecular formula is C13H20N2O2. The van der Waals surface area contributed by atoms with Crippen molar-refractivity contribution in [2.75, 3.05) is 33.8 Å². The number of phenolic OH excluding ortho intramolecular Hbond substituents is 1. The molecule has 0 fully saturated rings. The molecule has 0 radical (unpaired) electrons. The van der Waals surface area contributed by atoms with Crippen molar-refractivity contribution >= 4 is 0 Å². The van der Waals surface area contributed by atoms with Gasteiger partial charge in [-0.3, -0.25) is 0 Å². The molecule has 1 aromatic rings. The third kappa shape index (κ3) is 3.11. The van der Waals surface area contributed by atoms with Crippen molar-refractivity contribution in [3.63, 3.8) is 0 Å². The van der Waals surface area contributed by atoms with Crippen LogP contribution in [0, 0.1) is 0 Å². The van der Waals surface area contributed by atoms with E-state index in [0.717, 1.165) is 30.8 Å². The van der Waals surface area contributed by atoms with E-state index in [4.69, 9.17) is 4.74 Å². The molecule has 2 N–H and O–H groups in total. The third-order valence-electron chi connectivity index (χ3n) is 2.95. The molecule has 0 spiro atoms. The minimum Gasteiger partial charge on any atom is -0.508 e. The molecule has 1 aliphatic rings. The van der Waals surface area contributed by atoms with E-state index in [2.05, 4.69) is 24.3 Å². The van der Waals surface area contributed by atoms with Crippen molar-refractivity contribution in [2.45, 2.75) is 12.5 Å². The molecule has 4 nitrogen and oxygen atoms in total. The monoisotopic (exact) mass is 236 g/mol. The Balaban J connectivity index is 1.85. The van der Waals surface area contributed by atoms with Gasteiger partial charge in [0.15, 0.2) is 0 Å². The lowest BCUT2D eigenvalue weighted by Gasteiger charge is -2.13. The first kappa shape index (κ1) is 12.2. The fourth-order valence-corrected chi connectivity index (χ4v) is 2.04. The van der Waals surface area contributed by atoms with Gasteiger partial charge in [-0.05, 0) is 45.7 Å². The standard InChI is InChI=1S/C13H20N2O2/c1-15(2)7-3-6-14-12-9-17-13-8-10(16)4-5-11(12)13/h4-5,8,12,14,16H,3,6-7,9H2,1-2H3. The number of phenols is 1. The smallest absolute Gasteiger partial charge is 0.127 e. The highest BCUT2D eigenvalue weighted by Crippen LogP contribution is 2.34. The number of aromatic hydroxyl groups is 1. The van der Waals surface area contributed by atoms with Crippen LogP contribution < -0.4 is 10.1 Å². The van der Waals surface area contributed by atoms with Gasteiger partial charge in [0.1, 0.15) is 18.1 Å². The number of hydrogen-bond acceptors (Lipinski definition) is 4. The largest absolute Gasteiger partial charge is 0.508 e. The number of hydrogen-bond donors (Lipinski definition) is 2. The summed E-state index contributed by atoms with van der Waals surface area (Å²) in [7, 11) is 4.16. The Bertz CT molecular complexity index is 380. The Morgan fingerprint density at radius 3 is 3.06 bits per heavy atom. The van der Waals surface area contributed by atoms with E-state index in [9.17, 15) is 5.11 Å². The minimum atomic E-state index is 0.257. The zero-order valence-electron chi connectivity index (χ0n) is 10.4. The quantitative estimate of drug-likeness (QED) is 0.758. The molecule has 1 heterocycles. The van der Waals surface area contributed by atoms with E-state index in [-0.39, 0.29) is 11.8 Å². The second-order valence-corrected chi connectivity index (χ2v) is 4.70. The van der Waals surface area contributed by atoms with Crippen LogP contribution in [0.25, 0.3) is 0 Å². The minimum absolute atomic E-state index is 0.257. The first-order valence-electron chi connectivity index (χ1n) is 6.00. The molecule has 1 aromatic carbocycles. The second kappa shape index (κ2) is 5.38. The van der Waals surface area contributed by atoms with Gasteiger partial charge in [-0.25, -0.2) is 0 Å². The Hall–Kier alpha value is -1.26. The Kier molecular flexibility index (Phi) is 3.86. The number of nitrogens with zero attached hydrogens (tertiary/aromatic N) is 1. The summed E-state index contributed by atoms with van der Waals surface area (Å²) in [5.41, 5.74) is 1.15. The molecule has 17 heavy (non-hydrogen) atoms. The molecule has 2 rings (SSSR count). The maximum Gasteiger partial charge on any atom is 0.127 e. The number of benzene rings is 1. The molecule has 0 aromatic heterocycles. The van der Waals surface area contributed by atoms with Crippen molar-refractivity contribution in [3.8, 4) is 11.5 Å². The van der Waals surface area contributed by atoms with Gasteiger partial charge in [-0.2, -0.15) is 0 Å². The van der Waals surface area contributed by atoms with Gasteiger partial charge in [0.05, 0.1) is 6.04 Å². The van der Waals surface area contributed by atoms with Gasteiger partial charge in [0.25, 0.3) is 0 Å². The normalized spacial score (nSPS) is 18.2. The number of rotatable bonds is 5. The average Bonchev–Trinajstić information content (AvgIpc) is 2.66. The van der Waals surface area contributed by atoms with Crippen molar-refractivity contribution in [3.05, 3.63) is 23.8 Å². The Morgan fingerprint density at radius 2 is 2.29 bits per heavy atom. The van der Waals surface area contributed by atoms with Crippen LogP contribution in [0.15, 0.2) is 18.2 Å². The van der Waals surface area contributed by atoms with Crippen LogP contribution in [-0.2, 0) is 0 Å². The van der Waals surface area contributed by atoms with Gasteiger partial charge in [-0.15, -0.1) is 0 Å². The first-order valence-corrected chi connectivity index (χ1v) is 6.00. The average molecular weight is 236 g/mol. The fraction of sp³-hybridized carbons (Fsp3) is 0.538. The summed E-state index contributed by atoms with van der Waals surface area (Å²) in [6, 6.07) is 5.58. The maximum absolute atomic E-state index is 9.35. The van der Waals surface area contributed by atoms with E-state index < -0.39 is 0 Å². The third-order valence-corrected chi connectivity index (χ3v) is 2.95. The molecule has 0 bridgehead atoms. The molecule has 1 atom stereocenters. The lowest BCUT2D eigenvalue weighted by molar-refractivity contribution is 0.306. The second-order valence-electron chi connectivity index (χ2n) is 4.70. The maximum atomic E-state index is 9.35. The summed E-state index contributed by atoms with van der Waals surface area (Å²) in [5, 5.41) is 12.8. The number of nitrogens with one attached hydrogen (secondary N) is 1. The summed E-state index contributed by atoms with van der Waals surface area (Å²) in [5.74, 6) is 1.06. The van der Waals surface area contributed by atoms with E-state index in [1.165, 1.54) is 0 Å². The van der Waals surface area contributed by atoms with Crippen molar-refractivity contribution in [1.29, 1.82) is 0 Å². The molecule has 0 saturated heterocycles. The van der Waals surface area contributed by atoms with Crippen molar-refractivity contribution in [2.24, 2.45) is 0 Å². The van der Waals surface area contributed by atoms with Crippen LogP contribution in [0.2, 0.25) is 0 Å². The summed E-state index contributed by atoms with van der Waals surface area (Å²) in [6.07, 6.45) is 1.12. The number of ether oxygens (including phenoxy) is 1. The van der Waals surface area contributed by atoms with Gasteiger partial charge in [0, 0.05) is 11.6 Å². The fourth-order valence-electron chi connectivity index (χ4n) is 2.04. The highest BCUT2D eigenvalue weighted by atomic mass is 16.5. The van der Waals surface area contributed by atoms with Crippen LogP contribution in [0.5, 0.6) is 11.5 Å². The molecule has 1 unspecified atom stereocenters. The molecular weight excluding hydrogens is 216 g/mol. The van der Waals surface area contributed by atoms with Crippen LogP contribution >= 0.6 is 0 Å². The summed E-state index contributed by atoms with van der Waals surface area (Å²) >= 11 is 0. The molecule has 0 aliphatic carbocycles. The summed E-state index contributed by atoms with van der Waals surface area (Å²) < 4.78 is 5.54. The van der Waals surface area contributed by atoms with Gasteiger partial charge < -0.3 is 20.1 Å². The SMILES string of the molecule is CN(C)CCCNC1COc2cc(O)ccc21. The molecule has 94 valence electrons. The van der Waals surface area contributed by atoms with Crippen LogP contribution in [0.4, 0.5) is 0 Å². The molecule has 1 aliphatic heterocycles. The Labute approximate surface area is 102 Å². The molecule has 0 amide bonds. The Morgan fingerprint density at radius 1 is 1.47 bits per heavy atom. The predicted molar refractivity (Wildman–Crippen MR) is 67.5 cm³/mol. The van der Waals surface area contributed by atoms with E-state index in [1.54, 1.807) is 12.1 Å². The van der Waals surface area contributed by atoms with Crippen LogP contribution in [0.1, 0.15) is 18.0 Å². The zero-order valence-corrected chi connectivity index (χ0v) is 10.4. The lowest BCUT2D eigenvalue weighted by atomic mass is 10.1. The van der Waals surface area contributed by atoms with Gasteiger partial charge in [-0.1, -0.05) is 0 Å². The van der Waals surface area contributed by atoms with Crippen molar-refractivity contribution in [1.82, 2.24) is 10.2 Å². The predicted octanol–water partition coefficient (Wildman–Crippen LogP) is 1.37. The highest BCUT2D eigenvalue weighted by molar-refractivity contribution is 5.44.